The molecule has 0 radical (unpaired) electrons. The summed E-state index contributed by atoms with van der Waals surface area (Å²) in [7, 11) is 0. The van der Waals surface area contributed by atoms with Crippen molar-refractivity contribution in [1.29, 1.82) is 0 Å². The van der Waals surface area contributed by atoms with E-state index in [1.54, 1.807) is 12.1 Å². The highest BCUT2D eigenvalue weighted by Gasteiger charge is 2.34. The molecule has 3 aromatic rings. The van der Waals surface area contributed by atoms with Gasteiger partial charge in [-0.25, -0.2) is 4.79 Å². The average Bonchev–Trinajstić information content (AvgIpc) is 3.02. The normalized spacial score (nSPS) is 16.4. The molecule has 1 aliphatic rings. The van der Waals surface area contributed by atoms with Gasteiger partial charge in [0.2, 0.25) is 5.91 Å². The molecule has 0 aromatic heterocycles. The molecule has 0 bridgehead atoms. The Kier molecular flexibility index (Phi) is 12.4. The Labute approximate surface area is 250 Å². The second-order valence-electron chi connectivity index (χ2n) is 11.3. The Morgan fingerprint density at radius 1 is 0.905 bits per heavy atom. The third-order valence-corrected chi connectivity index (χ3v) is 7.40. The molecule has 3 atom stereocenters. The van der Waals surface area contributed by atoms with Crippen molar-refractivity contribution in [3.63, 3.8) is 0 Å². The molecule has 1 saturated heterocycles. The third kappa shape index (κ3) is 10.00. The Morgan fingerprint density at radius 2 is 1.55 bits per heavy atom. The van der Waals surface area contributed by atoms with E-state index in [4.69, 9.17) is 14.2 Å². The van der Waals surface area contributed by atoms with Crippen molar-refractivity contribution in [3.8, 4) is 0 Å². The number of carbonyl (C=O) groups is 2. The molecular formula is C35H44N2O5. The van der Waals surface area contributed by atoms with Crippen molar-refractivity contribution in [2.24, 2.45) is 11.8 Å². The Bertz CT molecular complexity index is 1200. The van der Waals surface area contributed by atoms with Crippen LogP contribution in [-0.2, 0) is 32.0 Å². The monoisotopic (exact) mass is 572 g/mol. The van der Waals surface area contributed by atoms with Gasteiger partial charge in [-0.3, -0.25) is 10.2 Å². The Hall–Kier alpha value is -3.68. The van der Waals surface area contributed by atoms with Gasteiger partial charge in [0.15, 0.2) is 6.29 Å². The zero-order chi connectivity index (χ0) is 29.6. The van der Waals surface area contributed by atoms with Gasteiger partial charge in [-0.05, 0) is 74.1 Å². The van der Waals surface area contributed by atoms with Crippen LogP contribution in [0.15, 0.2) is 91.0 Å². The molecule has 1 fully saturated rings. The lowest BCUT2D eigenvalue weighted by atomic mass is 9.88. The average molecular weight is 573 g/mol. The van der Waals surface area contributed by atoms with Gasteiger partial charge < -0.3 is 14.2 Å². The summed E-state index contributed by atoms with van der Waals surface area (Å²) in [5.74, 6) is -0.521. The van der Waals surface area contributed by atoms with E-state index < -0.39 is 12.0 Å². The van der Waals surface area contributed by atoms with Crippen LogP contribution in [-0.4, -0.2) is 31.0 Å². The molecule has 1 unspecified atom stereocenters. The van der Waals surface area contributed by atoms with Crippen LogP contribution in [0.5, 0.6) is 0 Å². The highest BCUT2D eigenvalue weighted by atomic mass is 16.7. The van der Waals surface area contributed by atoms with Crippen molar-refractivity contribution in [2.45, 2.75) is 77.8 Å². The predicted octanol–water partition coefficient (Wildman–Crippen LogP) is 7.46. The van der Waals surface area contributed by atoms with Gasteiger partial charge in [-0.15, -0.1) is 0 Å². The molecule has 0 spiro atoms. The fourth-order valence-corrected chi connectivity index (χ4v) is 5.23. The van der Waals surface area contributed by atoms with Crippen LogP contribution in [0.4, 0.5) is 10.5 Å². The summed E-state index contributed by atoms with van der Waals surface area (Å²) in [6, 6.07) is 28.9. The maximum absolute atomic E-state index is 14.1. The van der Waals surface area contributed by atoms with Gasteiger partial charge in [0.1, 0.15) is 6.61 Å². The van der Waals surface area contributed by atoms with Gasteiger partial charge in [-0.1, -0.05) is 92.7 Å². The van der Waals surface area contributed by atoms with E-state index in [1.807, 2.05) is 66.7 Å². The first-order valence-electron chi connectivity index (χ1n) is 15.2. The highest BCUT2D eigenvalue weighted by Crippen LogP contribution is 2.27. The van der Waals surface area contributed by atoms with Gasteiger partial charge in [0.25, 0.3) is 0 Å². The molecule has 1 N–H and O–H groups in total. The molecule has 4 rings (SSSR count). The fraction of sp³-hybridized carbons (Fsp3) is 0.429. The lowest BCUT2D eigenvalue weighted by Gasteiger charge is -2.34. The number of anilines is 1. The van der Waals surface area contributed by atoms with E-state index in [0.717, 1.165) is 37.7 Å². The molecule has 0 saturated carbocycles. The molecule has 1 heterocycles. The highest BCUT2D eigenvalue weighted by molar-refractivity contribution is 5.92. The molecule has 224 valence electrons. The summed E-state index contributed by atoms with van der Waals surface area (Å²) in [5, 5.41) is 1.21. The summed E-state index contributed by atoms with van der Waals surface area (Å²) in [4.78, 5) is 27.4. The standard InChI is InChI=1S/C35H44N2O5/c1-27(2)25-31(32(42-33-23-12-13-24-40-33)22-14-19-28-15-6-3-7-16-28)34(38)36-37(30-20-10-5-11-21-30)35(39)41-26-29-17-8-4-9-18-29/h3-11,15-18,20-21,27,31-33H,12-14,19,22-26H2,1-2H3,(H,36,38)/t31-,32+,33?/m1/s1. The third-order valence-electron chi connectivity index (χ3n) is 7.40. The number of benzene rings is 3. The van der Waals surface area contributed by atoms with Crippen molar-refractivity contribution >= 4 is 17.7 Å². The second kappa shape index (κ2) is 16.7. The van der Waals surface area contributed by atoms with E-state index in [2.05, 4.69) is 31.4 Å². The number of rotatable bonds is 13. The largest absolute Gasteiger partial charge is 0.443 e. The minimum absolute atomic E-state index is 0.0958. The van der Waals surface area contributed by atoms with Crippen molar-refractivity contribution in [2.75, 3.05) is 11.6 Å². The quantitative estimate of drug-likeness (QED) is 0.215. The second-order valence-corrected chi connectivity index (χ2v) is 11.3. The summed E-state index contributed by atoms with van der Waals surface area (Å²) < 4.78 is 18.1. The van der Waals surface area contributed by atoms with Crippen LogP contribution in [0.25, 0.3) is 0 Å². The number of hydrogen-bond acceptors (Lipinski definition) is 5. The van der Waals surface area contributed by atoms with E-state index in [-0.39, 0.29) is 30.8 Å². The van der Waals surface area contributed by atoms with Gasteiger partial charge in [-0.2, -0.15) is 5.01 Å². The van der Waals surface area contributed by atoms with E-state index in [9.17, 15) is 9.59 Å². The predicted molar refractivity (Wildman–Crippen MR) is 164 cm³/mol. The molecule has 42 heavy (non-hydrogen) atoms. The lowest BCUT2D eigenvalue weighted by molar-refractivity contribution is -0.201. The zero-order valence-corrected chi connectivity index (χ0v) is 24.8. The van der Waals surface area contributed by atoms with Crippen LogP contribution in [0.3, 0.4) is 0 Å². The van der Waals surface area contributed by atoms with E-state index >= 15 is 0 Å². The van der Waals surface area contributed by atoms with Crippen LogP contribution in [0.1, 0.15) is 63.5 Å². The first-order valence-corrected chi connectivity index (χ1v) is 15.2. The number of para-hydroxylation sites is 1. The van der Waals surface area contributed by atoms with Crippen LogP contribution in [0.2, 0.25) is 0 Å². The summed E-state index contributed by atoms with van der Waals surface area (Å²) in [5.41, 5.74) is 5.54. The SMILES string of the molecule is CC(C)C[C@@H](C(=O)NN(C(=O)OCc1ccccc1)c1ccccc1)[C@H](CCCc1ccccc1)OC1CCCCO1. The number of hydrogen-bond donors (Lipinski definition) is 1. The number of aryl methyl sites for hydroxylation is 1. The van der Waals surface area contributed by atoms with Crippen molar-refractivity contribution < 1.29 is 23.8 Å². The number of nitrogens with zero attached hydrogens (tertiary/aromatic N) is 1. The number of ether oxygens (including phenoxy) is 3. The maximum Gasteiger partial charge on any atom is 0.433 e. The molecule has 7 nitrogen and oxygen atoms in total. The lowest BCUT2D eigenvalue weighted by Crippen LogP contribution is -2.51. The Morgan fingerprint density at radius 3 is 2.17 bits per heavy atom. The van der Waals surface area contributed by atoms with Gasteiger partial charge >= 0.3 is 6.09 Å². The summed E-state index contributed by atoms with van der Waals surface area (Å²) >= 11 is 0. The van der Waals surface area contributed by atoms with Gasteiger partial charge in [0.05, 0.1) is 17.7 Å². The first-order chi connectivity index (χ1) is 20.5. The topological polar surface area (TPSA) is 77.1 Å². The van der Waals surface area contributed by atoms with Crippen molar-refractivity contribution in [3.05, 3.63) is 102 Å². The van der Waals surface area contributed by atoms with E-state index in [1.165, 1.54) is 10.6 Å². The zero-order valence-electron chi connectivity index (χ0n) is 24.8. The molecule has 0 aliphatic carbocycles. The molecule has 1 aliphatic heterocycles. The Balaban J connectivity index is 1.52. The number of carbonyl (C=O) groups excluding carboxylic acids is 2. The minimum Gasteiger partial charge on any atom is -0.443 e. The first kappa shape index (κ1) is 31.3. The molecule has 3 aromatic carbocycles. The minimum atomic E-state index is -0.654. The number of nitrogens with one attached hydrogen (secondary N) is 1. The van der Waals surface area contributed by atoms with E-state index in [0.29, 0.717) is 25.1 Å². The molecule has 2 amide bonds. The molecule has 7 heteroatoms. The summed E-state index contributed by atoms with van der Waals surface area (Å²) in [6.07, 6.45) is 4.59. The number of hydrazine groups is 1. The summed E-state index contributed by atoms with van der Waals surface area (Å²) in [6.45, 7) is 4.96. The van der Waals surface area contributed by atoms with Crippen LogP contribution >= 0.6 is 0 Å². The van der Waals surface area contributed by atoms with Crippen molar-refractivity contribution in [1.82, 2.24) is 5.43 Å². The van der Waals surface area contributed by atoms with Crippen LogP contribution in [0, 0.1) is 11.8 Å². The van der Waals surface area contributed by atoms with Crippen LogP contribution < -0.4 is 10.4 Å². The smallest absolute Gasteiger partial charge is 0.433 e. The molecular weight excluding hydrogens is 528 g/mol. The maximum atomic E-state index is 14.1. The number of amides is 2. The van der Waals surface area contributed by atoms with Gasteiger partial charge in [0, 0.05) is 6.61 Å². The fourth-order valence-electron chi connectivity index (χ4n) is 5.23.